The number of nitrogens with one attached hydrogen (secondary N) is 1. The van der Waals surface area contributed by atoms with Gasteiger partial charge in [0.15, 0.2) is 5.69 Å². The summed E-state index contributed by atoms with van der Waals surface area (Å²) in [6, 6.07) is 4.91. The summed E-state index contributed by atoms with van der Waals surface area (Å²) < 4.78 is 47.6. The number of carbonyl (C=O) groups excluding carboxylic acids is 3. The molecule has 1 aliphatic carbocycles. The molecule has 1 saturated heterocycles. The molecule has 11 nitrogen and oxygen atoms in total. The monoisotopic (exact) mass is 643 g/mol. The second-order valence-electron chi connectivity index (χ2n) is 12.4. The minimum atomic E-state index is -4.64. The first-order chi connectivity index (χ1) is 22.0. The number of nitriles is 1. The molecule has 2 aromatic rings. The molecule has 1 aromatic heterocycles. The quantitative estimate of drug-likeness (QED) is 0.369. The van der Waals surface area contributed by atoms with E-state index >= 15 is 0 Å². The van der Waals surface area contributed by atoms with Crippen molar-refractivity contribution in [1.82, 2.24) is 24.9 Å². The average Bonchev–Trinajstić information content (AvgIpc) is 3.80. The smallest absolute Gasteiger partial charge is 0.381 e. The van der Waals surface area contributed by atoms with Crippen molar-refractivity contribution in [3.05, 3.63) is 46.6 Å². The highest BCUT2D eigenvalue weighted by molar-refractivity contribution is 6.07. The third-order valence-corrected chi connectivity index (χ3v) is 8.91. The lowest BCUT2D eigenvalue weighted by Gasteiger charge is -2.39. The van der Waals surface area contributed by atoms with Crippen molar-refractivity contribution in [3.63, 3.8) is 0 Å². The van der Waals surface area contributed by atoms with E-state index in [0.717, 1.165) is 31.0 Å². The van der Waals surface area contributed by atoms with Gasteiger partial charge in [0.05, 0.1) is 17.7 Å². The summed E-state index contributed by atoms with van der Waals surface area (Å²) in [5, 5.41) is 17.3. The maximum absolute atomic E-state index is 14.3. The molecule has 1 N–H and O–H groups in total. The Morgan fingerprint density at radius 1 is 1.15 bits per heavy atom. The number of hydrogen-bond donors (Lipinski definition) is 1. The minimum Gasteiger partial charge on any atom is -0.381 e. The third kappa shape index (κ3) is 6.90. The minimum absolute atomic E-state index is 0.0504. The normalized spacial score (nSPS) is 20.4. The van der Waals surface area contributed by atoms with E-state index < -0.39 is 41.4 Å². The van der Waals surface area contributed by atoms with Crippen LogP contribution in [0.25, 0.3) is 0 Å². The number of anilines is 1. The van der Waals surface area contributed by atoms with Crippen molar-refractivity contribution >= 4 is 23.5 Å². The number of carbonyl (C=O) groups is 3. The summed E-state index contributed by atoms with van der Waals surface area (Å²) in [7, 11) is 3.85. The Hall–Kier alpha value is -3.96. The zero-order valence-corrected chi connectivity index (χ0v) is 26.3. The Morgan fingerprint density at radius 2 is 1.87 bits per heavy atom. The molecule has 248 valence electrons. The van der Waals surface area contributed by atoms with Gasteiger partial charge in [-0.1, -0.05) is 6.07 Å². The number of rotatable bonds is 11. The van der Waals surface area contributed by atoms with Crippen molar-refractivity contribution in [2.45, 2.75) is 63.2 Å². The molecule has 1 aromatic carbocycles. The Morgan fingerprint density at radius 3 is 2.48 bits per heavy atom. The van der Waals surface area contributed by atoms with Crippen LogP contribution in [0.3, 0.4) is 0 Å². The van der Waals surface area contributed by atoms with E-state index in [2.05, 4.69) is 11.4 Å². The van der Waals surface area contributed by atoms with E-state index in [4.69, 9.17) is 9.84 Å². The number of aromatic nitrogens is 2. The molecule has 0 spiro atoms. The summed E-state index contributed by atoms with van der Waals surface area (Å²) in [6.45, 7) is 3.87. The summed E-state index contributed by atoms with van der Waals surface area (Å²) in [4.78, 5) is 47.0. The highest BCUT2D eigenvalue weighted by Gasteiger charge is 2.52. The Labute approximate surface area is 266 Å². The molecule has 2 fully saturated rings. The van der Waals surface area contributed by atoms with E-state index in [0.29, 0.717) is 56.9 Å². The summed E-state index contributed by atoms with van der Waals surface area (Å²) in [5.41, 5.74) is -0.502. The first kappa shape index (κ1) is 33.4. The van der Waals surface area contributed by atoms with Gasteiger partial charge in [0.2, 0.25) is 0 Å². The highest BCUT2D eigenvalue weighted by Crippen LogP contribution is 2.52. The lowest BCUT2D eigenvalue weighted by molar-refractivity contribution is -0.137. The molecule has 46 heavy (non-hydrogen) atoms. The summed E-state index contributed by atoms with van der Waals surface area (Å²) in [5.74, 6) is -1.81. The van der Waals surface area contributed by atoms with Crippen LogP contribution in [0.15, 0.2) is 24.3 Å². The van der Waals surface area contributed by atoms with Crippen LogP contribution >= 0.6 is 0 Å². The van der Waals surface area contributed by atoms with Crippen molar-refractivity contribution < 1.29 is 32.3 Å². The fraction of sp³-hybridized carbons (Fsp3) is 0.594. The third-order valence-electron chi connectivity index (χ3n) is 8.91. The molecular weight excluding hydrogens is 603 g/mol. The number of ether oxygens (including phenoxy) is 1. The first-order valence-corrected chi connectivity index (χ1v) is 15.8. The van der Waals surface area contributed by atoms with Gasteiger partial charge in [0, 0.05) is 43.3 Å². The SMILES string of the molecule is CCN1C(=O)[C@@H](NC(=O)c2cccc(C(F)(F)F)c2)[C@@H](C2CC2)c2c(C(=O)N(CC#N)CCCN(C)C)nn(C3CCOCC3)c21. The number of nitrogens with zero attached hydrogens (tertiary/aromatic N) is 6. The standard InChI is InChI=1S/C32H40F3N7O4/c1-4-41-29-25(24(20-9-10-20)26(31(41)45)37-28(43)21-7-5-8-22(19-21)32(33,34)35)27(38-42(29)23-11-17-46-18-12-23)30(44)40(16-13-36)15-6-14-39(2)3/h5,7-8,19-20,23-24,26H,4,6,9-12,14-18H2,1-3H3,(H,37,43)/t24-,26-/m0/s1. The molecule has 0 unspecified atom stereocenters. The molecule has 0 radical (unpaired) electrons. The van der Waals surface area contributed by atoms with E-state index in [1.807, 2.05) is 19.0 Å². The highest BCUT2D eigenvalue weighted by atomic mass is 19.4. The topological polar surface area (TPSA) is 124 Å². The van der Waals surface area contributed by atoms with E-state index in [1.54, 1.807) is 11.6 Å². The second kappa shape index (κ2) is 13.8. The van der Waals surface area contributed by atoms with Crippen LogP contribution in [0.1, 0.15) is 83.0 Å². The van der Waals surface area contributed by atoms with Crippen molar-refractivity contribution in [2.75, 3.05) is 58.4 Å². The molecule has 14 heteroatoms. The zero-order valence-electron chi connectivity index (χ0n) is 26.3. The van der Waals surface area contributed by atoms with Crippen LogP contribution in [0.5, 0.6) is 0 Å². The van der Waals surface area contributed by atoms with Gasteiger partial charge < -0.3 is 19.9 Å². The van der Waals surface area contributed by atoms with Gasteiger partial charge in [0.25, 0.3) is 17.7 Å². The Bertz CT molecular complexity index is 1490. The molecule has 3 aliphatic rings. The van der Waals surface area contributed by atoms with Crippen LogP contribution in [-0.2, 0) is 15.7 Å². The van der Waals surface area contributed by atoms with Gasteiger partial charge in [-0.05, 0) is 83.8 Å². The first-order valence-electron chi connectivity index (χ1n) is 15.8. The van der Waals surface area contributed by atoms with Gasteiger partial charge in [0.1, 0.15) is 18.4 Å². The van der Waals surface area contributed by atoms with Crippen LogP contribution in [0.4, 0.5) is 19.0 Å². The van der Waals surface area contributed by atoms with Crippen molar-refractivity contribution in [3.8, 4) is 6.07 Å². The average molecular weight is 644 g/mol. The van der Waals surface area contributed by atoms with Crippen LogP contribution < -0.4 is 10.2 Å². The number of likely N-dealkylation sites (N-methyl/N-ethyl adjacent to an activating group) is 1. The van der Waals surface area contributed by atoms with Crippen LogP contribution in [0, 0.1) is 17.2 Å². The van der Waals surface area contributed by atoms with Crippen LogP contribution in [-0.4, -0.2) is 96.8 Å². The molecular formula is C32H40F3N7O4. The molecule has 2 aliphatic heterocycles. The summed E-state index contributed by atoms with van der Waals surface area (Å²) >= 11 is 0. The lowest BCUT2D eigenvalue weighted by Crippen LogP contribution is -2.56. The fourth-order valence-electron chi connectivity index (χ4n) is 6.50. The Balaban J connectivity index is 1.59. The number of amides is 3. The molecule has 1 saturated carbocycles. The van der Waals surface area contributed by atoms with Gasteiger partial charge in [-0.3, -0.25) is 19.3 Å². The maximum atomic E-state index is 14.3. The van der Waals surface area contributed by atoms with Crippen LogP contribution in [0.2, 0.25) is 0 Å². The second-order valence-corrected chi connectivity index (χ2v) is 12.4. The predicted octanol–water partition coefficient (Wildman–Crippen LogP) is 3.83. The maximum Gasteiger partial charge on any atom is 0.416 e. The lowest BCUT2D eigenvalue weighted by atomic mass is 9.82. The molecule has 3 amide bonds. The van der Waals surface area contributed by atoms with Crippen molar-refractivity contribution in [1.29, 1.82) is 5.26 Å². The Kier molecular flexibility index (Phi) is 10.0. The number of halogens is 3. The molecule has 0 bridgehead atoms. The van der Waals surface area contributed by atoms with Gasteiger partial charge in [-0.25, -0.2) is 4.68 Å². The van der Waals surface area contributed by atoms with E-state index in [9.17, 15) is 32.8 Å². The van der Waals surface area contributed by atoms with Gasteiger partial charge in [-0.15, -0.1) is 0 Å². The summed E-state index contributed by atoms with van der Waals surface area (Å²) in [6.07, 6.45) is -1.26. The van der Waals surface area contributed by atoms with E-state index in [1.165, 1.54) is 15.9 Å². The molecule has 3 heterocycles. The predicted molar refractivity (Wildman–Crippen MR) is 162 cm³/mol. The largest absolute Gasteiger partial charge is 0.416 e. The number of benzene rings is 1. The number of fused-ring (bicyclic) bond motifs is 1. The van der Waals surface area contributed by atoms with Gasteiger partial charge in [-0.2, -0.15) is 23.5 Å². The van der Waals surface area contributed by atoms with Gasteiger partial charge >= 0.3 is 6.18 Å². The van der Waals surface area contributed by atoms with Crippen molar-refractivity contribution in [2.24, 2.45) is 5.92 Å². The number of hydrogen-bond acceptors (Lipinski definition) is 7. The fourth-order valence-corrected chi connectivity index (χ4v) is 6.50. The van der Waals surface area contributed by atoms with E-state index in [-0.39, 0.29) is 36.3 Å². The molecule has 5 rings (SSSR count). The molecule has 2 atom stereocenters. The number of alkyl halides is 3. The zero-order chi connectivity index (χ0) is 33.2.